The van der Waals surface area contributed by atoms with Gasteiger partial charge in [-0.3, -0.25) is 15.1 Å². The molecule has 0 unspecified atom stereocenters. The van der Waals surface area contributed by atoms with Crippen LogP contribution in [0, 0.1) is 12.7 Å². The normalized spacial score (nSPS) is 11.6. The van der Waals surface area contributed by atoms with Gasteiger partial charge >= 0.3 is 0 Å². The van der Waals surface area contributed by atoms with Gasteiger partial charge in [0, 0.05) is 52.0 Å². The Morgan fingerprint density at radius 2 is 1.69 bits per heavy atom. The number of benzene rings is 2. The molecule has 0 aliphatic carbocycles. The number of rotatable bonds is 5. The number of nitrogens with one attached hydrogen (secondary N) is 3. The Hall–Kier alpha value is -4.52. The molecule has 6 nitrogen and oxygen atoms in total. The van der Waals surface area contributed by atoms with Crippen LogP contribution in [0.3, 0.4) is 0 Å². The maximum absolute atomic E-state index is 14.1. The molecule has 0 fully saturated rings. The van der Waals surface area contributed by atoms with Gasteiger partial charge < -0.3 is 10.3 Å². The van der Waals surface area contributed by atoms with Crippen LogP contribution in [0.25, 0.3) is 55.6 Å². The van der Waals surface area contributed by atoms with E-state index in [-0.39, 0.29) is 5.82 Å². The van der Waals surface area contributed by atoms with E-state index in [1.165, 1.54) is 12.1 Å². The monoisotopic (exact) mass is 476 g/mol. The molecule has 0 saturated heterocycles. The molecule has 4 aromatic heterocycles. The number of aromatic nitrogens is 5. The Bertz CT molecular complexity index is 1710. The number of halogens is 1. The molecule has 0 aliphatic rings. The zero-order valence-electron chi connectivity index (χ0n) is 20.2. The first-order valence-corrected chi connectivity index (χ1v) is 11.9. The predicted molar refractivity (Wildman–Crippen MR) is 143 cm³/mol. The first kappa shape index (κ1) is 22.0. The van der Waals surface area contributed by atoms with E-state index in [1.807, 2.05) is 43.6 Å². The molecule has 0 radical (unpaired) electrons. The molecule has 0 saturated carbocycles. The molecule has 2 aromatic carbocycles. The largest absolute Gasteiger partial charge is 0.382 e. The molecule has 6 aromatic rings. The first-order valence-electron chi connectivity index (χ1n) is 11.9. The third kappa shape index (κ3) is 3.98. The quantitative estimate of drug-likeness (QED) is 0.248. The fraction of sp³-hybridized carbons (Fsp3) is 0.138. The molecule has 7 heteroatoms. The molecular weight excluding hydrogens is 451 g/mol. The van der Waals surface area contributed by atoms with Crippen molar-refractivity contribution >= 4 is 27.5 Å². The number of H-pyrrole nitrogens is 2. The number of aromatic amines is 2. The van der Waals surface area contributed by atoms with E-state index >= 15 is 0 Å². The fourth-order valence-electron chi connectivity index (χ4n) is 4.69. The lowest BCUT2D eigenvalue weighted by molar-refractivity contribution is 0.627. The number of hydrogen-bond acceptors (Lipinski definition) is 4. The zero-order chi connectivity index (χ0) is 24.8. The van der Waals surface area contributed by atoms with Gasteiger partial charge in [-0.2, -0.15) is 5.10 Å². The number of fused-ring (bicyclic) bond motifs is 2. The summed E-state index contributed by atoms with van der Waals surface area (Å²) in [5.74, 6) is -0.271. The van der Waals surface area contributed by atoms with Crippen molar-refractivity contribution in [3.05, 3.63) is 84.6 Å². The highest BCUT2D eigenvalue weighted by atomic mass is 19.1. The molecular formula is C29H25FN6. The molecule has 0 atom stereocenters. The van der Waals surface area contributed by atoms with Crippen molar-refractivity contribution in [1.29, 1.82) is 0 Å². The number of aryl methyl sites for hydroxylation is 1. The van der Waals surface area contributed by atoms with Crippen molar-refractivity contribution in [3.8, 4) is 33.8 Å². The molecule has 6 rings (SSSR count). The minimum atomic E-state index is -0.271. The summed E-state index contributed by atoms with van der Waals surface area (Å²) in [7, 11) is 0. The van der Waals surface area contributed by atoms with E-state index in [2.05, 4.69) is 62.5 Å². The molecule has 178 valence electrons. The maximum Gasteiger partial charge on any atom is 0.124 e. The van der Waals surface area contributed by atoms with Crippen molar-refractivity contribution in [2.24, 2.45) is 0 Å². The predicted octanol–water partition coefficient (Wildman–Crippen LogP) is 7.10. The van der Waals surface area contributed by atoms with E-state index in [4.69, 9.17) is 0 Å². The summed E-state index contributed by atoms with van der Waals surface area (Å²) >= 11 is 0. The van der Waals surface area contributed by atoms with Gasteiger partial charge in [-0.15, -0.1) is 0 Å². The van der Waals surface area contributed by atoms with Crippen molar-refractivity contribution in [3.63, 3.8) is 0 Å². The van der Waals surface area contributed by atoms with Gasteiger partial charge in [0.25, 0.3) is 0 Å². The van der Waals surface area contributed by atoms with Gasteiger partial charge in [0.2, 0.25) is 0 Å². The van der Waals surface area contributed by atoms with Crippen LogP contribution in [0.1, 0.15) is 19.4 Å². The highest BCUT2D eigenvalue weighted by Crippen LogP contribution is 2.35. The van der Waals surface area contributed by atoms with E-state index in [1.54, 1.807) is 6.20 Å². The second-order valence-corrected chi connectivity index (χ2v) is 9.41. The molecule has 0 spiro atoms. The molecule has 4 heterocycles. The lowest BCUT2D eigenvalue weighted by atomic mass is 10.0. The Morgan fingerprint density at radius 3 is 2.53 bits per heavy atom. The van der Waals surface area contributed by atoms with Gasteiger partial charge in [-0.25, -0.2) is 4.39 Å². The summed E-state index contributed by atoms with van der Waals surface area (Å²) in [5.41, 5.74) is 8.94. The molecule has 0 bridgehead atoms. The van der Waals surface area contributed by atoms with Gasteiger partial charge in [-0.05, 0) is 80.4 Å². The Balaban J connectivity index is 1.45. The lowest BCUT2D eigenvalue weighted by Crippen LogP contribution is -2.09. The van der Waals surface area contributed by atoms with Crippen LogP contribution >= 0.6 is 0 Å². The van der Waals surface area contributed by atoms with Gasteiger partial charge in [0.1, 0.15) is 11.5 Å². The summed E-state index contributed by atoms with van der Waals surface area (Å²) in [6.07, 6.45) is 5.44. The van der Waals surface area contributed by atoms with Crippen molar-refractivity contribution < 1.29 is 4.39 Å². The van der Waals surface area contributed by atoms with Crippen LogP contribution in [0.15, 0.2) is 73.2 Å². The SMILES string of the molecule is Cc1cc(F)cc(-c2nccc3[nH]c(-c4n[nH]c5ccc(-c6cncc(NC(C)C)c6)cc45)cc23)c1. The average molecular weight is 477 g/mol. The minimum absolute atomic E-state index is 0.271. The average Bonchev–Trinajstić information content (AvgIpc) is 3.46. The summed E-state index contributed by atoms with van der Waals surface area (Å²) in [5, 5.41) is 13.1. The Labute approximate surface area is 207 Å². The summed E-state index contributed by atoms with van der Waals surface area (Å²) < 4.78 is 14.1. The molecule has 36 heavy (non-hydrogen) atoms. The van der Waals surface area contributed by atoms with Gasteiger partial charge in [0.15, 0.2) is 0 Å². The van der Waals surface area contributed by atoms with Gasteiger partial charge in [0.05, 0.1) is 22.6 Å². The molecule has 0 aliphatic heterocycles. The van der Waals surface area contributed by atoms with E-state index in [0.717, 1.165) is 66.8 Å². The fourth-order valence-corrected chi connectivity index (χ4v) is 4.69. The molecule has 0 amide bonds. The standard InChI is InChI=1S/C29H25FN6/c1-16(2)33-22-11-20(14-31-15-22)18-4-5-26-23(12-18)29(36-35-26)27-13-24-25(34-27)6-7-32-28(24)19-8-17(3)9-21(30)10-19/h4-16,33-34H,1-3H3,(H,35,36). The smallest absolute Gasteiger partial charge is 0.124 e. The second kappa shape index (κ2) is 8.61. The first-order chi connectivity index (χ1) is 17.4. The zero-order valence-corrected chi connectivity index (χ0v) is 20.2. The number of nitrogens with zero attached hydrogens (tertiary/aromatic N) is 3. The van der Waals surface area contributed by atoms with Crippen LogP contribution in [0.5, 0.6) is 0 Å². The van der Waals surface area contributed by atoms with Crippen LogP contribution in [0.4, 0.5) is 10.1 Å². The minimum Gasteiger partial charge on any atom is -0.382 e. The second-order valence-electron chi connectivity index (χ2n) is 9.41. The van der Waals surface area contributed by atoms with Crippen molar-refractivity contribution in [2.45, 2.75) is 26.8 Å². The Kier molecular flexibility index (Phi) is 5.25. The van der Waals surface area contributed by atoms with Crippen LogP contribution in [-0.2, 0) is 0 Å². The lowest BCUT2D eigenvalue weighted by Gasteiger charge is -2.11. The Morgan fingerprint density at radius 1 is 0.833 bits per heavy atom. The van der Waals surface area contributed by atoms with E-state index < -0.39 is 0 Å². The van der Waals surface area contributed by atoms with Crippen LogP contribution < -0.4 is 5.32 Å². The maximum atomic E-state index is 14.1. The summed E-state index contributed by atoms with van der Waals surface area (Å²) in [6, 6.07) is 17.6. The van der Waals surface area contributed by atoms with Crippen LogP contribution in [0.2, 0.25) is 0 Å². The third-order valence-electron chi connectivity index (χ3n) is 6.21. The highest BCUT2D eigenvalue weighted by Gasteiger charge is 2.15. The topological polar surface area (TPSA) is 82.3 Å². The van der Waals surface area contributed by atoms with E-state index in [0.29, 0.717) is 6.04 Å². The summed E-state index contributed by atoms with van der Waals surface area (Å²) in [6.45, 7) is 6.09. The van der Waals surface area contributed by atoms with E-state index in [9.17, 15) is 4.39 Å². The number of pyridine rings is 2. The summed E-state index contributed by atoms with van der Waals surface area (Å²) in [4.78, 5) is 12.5. The van der Waals surface area contributed by atoms with Crippen LogP contribution in [-0.4, -0.2) is 31.2 Å². The number of hydrogen-bond donors (Lipinski definition) is 3. The van der Waals surface area contributed by atoms with Crippen molar-refractivity contribution in [1.82, 2.24) is 25.1 Å². The van der Waals surface area contributed by atoms with Gasteiger partial charge in [-0.1, -0.05) is 6.07 Å². The highest BCUT2D eigenvalue weighted by molar-refractivity contribution is 6.00. The molecule has 3 N–H and O–H groups in total. The third-order valence-corrected chi connectivity index (χ3v) is 6.21. The number of anilines is 1. The van der Waals surface area contributed by atoms with Crippen molar-refractivity contribution in [2.75, 3.05) is 5.32 Å².